The summed E-state index contributed by atoms with van der Waals surface area (Å²) in [7, 11) is 3.88. The van der Waals surface area contributed by atoms with Crippen molar-refractivity contribution >= 4 is 0 Å². The lowest BCUT2D eigenvalue weighted by atomic mass is 9.92. The van der Waals surface area contributed by atoms with Crippen molar-refractivity contribution in [3.8, 4) is 0 Å². The molecule has 1 aliphatic rings. The van der Waals surface area contributed by atoms with Crippen molar-refractivity contribution in [1.29, 1.82) is 0 Å². The monoisotopic (exact) mass is 230 g/mol. The molecular formula is C12H26N2O2. The van der Waals surface area contributed by atoms with Crippen molar-refractivity contribution in [2.75, 3.05) is 33.9 Å². The molecule has 4 nitrogen and oxygen atoms in total. The van der Waals surface area contributed by atoms with Crippen molar-refractivity contribution < 1.29 is 9.47 Å². The number of methoxy groups -OCH3 is 1. The van der Waals surface area contributed by atoms with Gasteiger partial charge in [0, 0.05) is 26.3 Å². The zero-order valence-corrected chi connectivity index (χ0v) is 11.0. The van der Waals surface area contributed by atoms with Crippen LogP contribution in [0.1, 0.15) is 26.7 Å². The fourth-order valence-corrected chi connectivity index (χ4v) is 2.65. The lowest BCUT2D eigenvalue weighted by molar-refractivity contribution is -0.0168. The second kappa shape index (κ2) is 5.96. The lowest BCUT2D eigenvalue weighted by Crippen LogP contribution is -2.59. The zero-order valence-electron chi connectivity index (χ0n) is 11.0. The molecule has 1 rings (SSSR count). The summed E-state index contributed by atoms with van der Waals surface area (Å²) in [5.41, 5.74) is 5.90. The number of rotatable bonds is 6. The van der Waals surface area contributed by atoms with Crippen molar-refractivity contribution in [3.05, 3.63) is 0 Å². The van der Waals surface area contributed by atoms with E-state index in [9.17, 15) is 0 Å². The van der Waals surface area contributed by atoms with Crippen LogP contribution in [0.5, 0.6) is 0 Å². The van der Waals surface area contributed by atoms with E-state index >= 15 is 0 Å². The third-order valence-electron chi connectivity index (χ3n) is 4.03. The summed E-state index contributed by atoms with van der Waals surface area (Å²) in [6.07, 6.45) is 2.37. The van der Waals surface area contributed by atoms with Gasteiger partial charge in [-0.05, 0) is 26.8 Å². The first-order valence-electron chi connectivity index (χ1n) is 6.15. The Labute approximate surface area is 99.1 Å². The van der Waals surface area contributed by atoms with Gasteiger partial charge in [-0.3, -0.25) is 4.90 Å². The minimum atomic E-state index is -0.0542. The number of hydrogen-bond acceptors (Lipinski definition) is 4. The Kier molecular flexibility index (Phi) is 5.18. The molecule has 96 valence electrons. The molecule has 2 N–H and O–H groups in total. The molecule has 0 radical (unpaired) electrons. The van der Waals surface area contributed by atoms with Gasteiger partial charge in [-0.25, -0.2) is 0 Å². The van der Waals surface area contributed by atoms with Crippen molar-refractivity contribution in [3.63, 3.8) is 0 Å². The summed E-state index contributed by atoms with van der Waals surface area (Å²) < 4.78 is 11.0. The molecule has 0 saturated carbocycles. The molecule has 1 aliphatic heterocycles. The fourth-order valence-electron chi connectivity index (χ4n) is 2.65. The third kappa shape index (κ3) is 2.56. The van der Waals surface area contributed by atoms with E-state index in [4.69, 9.17) is 15.2 Å². The second-order valence-corrected chi connectivity index (χ2v) is 4.76. The molecule has 0 aromatic rings. The van der Waals surface area contributed by atoms with Gasteiger partial charge in [0.25, 0.3) is 0 Å². The van der Waals surface area contributed by atoms with Gasteiger partial charge in [-0.2, -0.15) is 0 Å². The van der Waals surface area contributed by atoms with Gasteiger partial charge in [0.05, 0.1) is 18.2 Å². The molecule has 0 bridgehead atoms. The van der Waals surface area contributed by atoms with Crippen LogP contribution in [-0.2, 0) is 9.47 Å². The molecule has 1 fully saturated rings. The highest BCUT2D eigenvalue weighted by Gasteiger charge is 2.39. The van der Waals surface area contributed by atoms with Gasteiger partial charge in [0.15, 0.2) is 0 Å². The van der Waals surface area contributed by atoms with E-state index in [0.717, 1.165) is 19.4 Å². The Morgan fingerprint density at radius 3 is 2.62 bits per heavy atom. The minimum absolute atomic E-state index is 0.0542. The predicted octanol–water partition coefficient (Wildman–Crippen LogP) is 0.850. The fraction of sp³-hybridized carbons (Fsp3) is 1.00. The Bertz CT molecular complexity index is 207. The van der Waals surface area contributed by atoms with Crippen molar-refractivity contribution in [1.82, 2.24) is 4.90 Å². The lowest BCUT2D eigenvalue weighted by Gasteiger charge is -2.44. The average molecular weight is 230 g/mol. The first kappa shape index (κ1) is 13.9. The summed E-state index contributed by atoms with van der Waals surface area (Å²) in [5.74, 6) is 0. The normalized spacial score (nSPS) is 29.6. The molecule has 1 heterocycles. The van der Waals surface area contributed by atoms with Gasteiger partial charge < -0.3 is 15.2 Å². The summed E-state index contributed by atoms with van der Waals surface area (Å²) >= 11 is 0. The smallest absolute Gasteiger partial charge is 0.0703 e. The van der Waals surface area contributed by atoms with Crippen LogP contribution in [0, 0.1) is 0 Å². The largest absolute Gasteiger partial charge is 0.383 e. The number of hydrogen-bond donors (Lipinski definition) is 1. The van der Waals surface area contributed by atoms with E-state index in [1.165, 1.54) is 0 Å². The van der Waals surface area contributed by atoms with Crippen LogP contribution in [0.2, 0.25) is 0 Å². The van der Waals surface area contributed by atoms with Crippen LogP contribution < -0.4 is 5.73 Å². The topological polar surface area (TPSA) is 47.7 Å². The number of nitrogens with zero attached hydrogens (tertiary/aromatic N) is 1. The molecule has 0 aliphatic carbocycles. The molecule has 4 heteroatoms. The standard InChI is InChI=1S/C12H26N2O2/c1-5-12(8-13,9-15-4)14(3)11-6-7-16-10(11)2/h10-11H,5-9,13H2,1-4H3. The first-order valence-corrected chi connectivity index (χ1v) is 6.15. The van der Waals surface area contributed by atoms with E-state index in [1.54, 1.807) is 7.11 Å². The van der Waals surface area contributed by atoms with E-state index in [2.05, 4.69) is 25.8 Å². The van der Waals surface area contributed by atoms with Crippen LogP contribution in [0.3, 0.4) is 0 Å². The highest BCUT2D eigenvalue weighted by molar-refractivity contribution is 4.95. The predicted molar refractivity (Wildman–Crippen MR) is 65.5 cm³/mol. The molecular weight excluding hydrogens is 204 g/mol. The Hall–Kier alpha value is -0.160. The summed E-state index contributed by atoms with van der Waals surface area (Å²) in [5, 5.41) is 0. The van der Waals surface area contributed by atoms with Crippen molar-refractivity contribution in [2.24, 2.45) is 5.73 Å². The van der Waals surface area contributed by atoms with Crippen LogP contribution in [0.25, 0.3) is 0 Å². The van der Waals surface area contributed by atoms with Gasteiger partial charge in [-0.15, -0.1) is 0 Å². The maximum atomic E-state index is 5.96. The van der Waals surface area contributed by atoms with E-state index in [1.807, 2.05) is 0 Å². The van der Waals surface area contributed by atoms with Crippen LogP contribution in [0.15, 0.2) is 0 Å². The highest BCUT2D eigenvalue weighted by atomic mass is 16.5. The number of nitrogens with two attached hydrogens (primary N) is 1. The molecule has 3 atom stereocenters. The molecule has 0 spiro atoms. The summed E-state index contributed by atoms with van der Waals surface area (Å²) in [4.78, 5) is 2.37. The van der Waals surface area contributed by atoms with E-state index in [-0.39, 0.29) is 5.54 Å². The number of ether oxygens (including phenoxy) is 2. The van der Waals surface area contributed by atoms with Gasteiger partial charge in [-0.1, -0.05) is 6.92 Å². The maximum Gasteiger partial charge on any atom is 0.0703 e. The van der Waals surface area contributed by atoms with Gasteiger partial charge in [0.1, 0.15) is 0 Å². The average Bonchev–Trinajstić information content (AvgIpc) is 2.71. The Morgan fingerprint density at radius 1 is 1.56 bits per heavy atom. The quantitative estimate of drug-likeness (QED) is 0.735. The highest BCUT2D eigenvalue weighted by Crippen LogP contribution is 2.27. The molecule has 0 amide bonds. The van der Waals surface area contributed by atoms with Crippen molar-refractivity contribution in [2.45, 2.75) is 44.4 Å². The van der Waals surface area contributed by atoms with Crippen LogP contribution in [-0.4, -0.2) is 56.5 Å². The molecule has 0 aromatic carbocycles. The minimum Gasteiger partial charge on any atom is -0.383 e. The van der Waals surface area contributed by atoms with Gasteiger partial charge in [0.2, 0.25) is 0 Å². The maximum absolute atomic E-state index is 5.96. The Balaban J connectivity index is 2.76. The van der Waals surface area contributed by atoms with Crippen LogP contribution >= 0.6 is 0 Å². The van der Waals surface area contributed by atoms with Gasteiger partial charge >= 0.3 is 0 Å². The summed E-state index contributed by atoms with van der Waals surface area (Å²) in [6, 6.07) is 0.457. The summed E-state index contributed by atoms with van der Waals surface area (Å²) in [6.45, 7) is 6.46. The number of likely N-dealkylation sites (N-methyl/N-ethyl adjacent to an activating group) is 1. The van der Waals surface area contributed by atoms with Crippen LogP contribution in [0.4, 0.5) is 0 Å². The van der Waals surface area contributed by atoms with E-state index in [0.29, 0.717) is 25.3 Å². The molecule has 3 unspecified atom stereocenters. The zero-order chi connectivity index (χ0) is 12.2. The third-order valence-corrected chi connectivity index (χ3v) is 4.03. The Morgan fingerprint density at radius 2 is 2.25 bits per heavy atom. The SMILES string of the molecule is CCC(CN)(COC)N(C)C1CCOC1C. The molecule has 1 saturated heterocycles. The first-order chi connectivity index (χ1) is 7.61. The molecule has 16 heavy (non-hydrogen) atoms. The molecule has 0 aromatic heterocycles. The van der Waals surface area contributed by atoms with E-state index < -0.39 is 0 Å². The second-order valence-electron chi connectivity index (χ2n) is 4.76.